The van der Waals surface area contributed by atoms with Gasteiger partial charge in [-0.3, -0.25) is 9.59 Å². The molecule has 1 aliphatic rings. The van der Waals surface area contributed by atoms with Crippen LogP contribution in [0.4, 0.5) is 0 Å². The highest BCUT2D eigenvalue weighted by Gasteiger charge is 2.44. The Kier molecular flexibility index (Phi) is 36.5. The number of hydrogen-bond acceptors (Lipinski definition) is 10. The number of ether oxygens (including phenoxy) is 3. The lowest BCUT2D eigenvalue weighted by Crippen LogP contribution is -2.60. The Bertz CT molecular complexity index is 1040. The number of carbonyl (C=O) groups excluding carboxylic acids is 2. The van der Waals surface area contributed by atoms with E-state index in [0.717, 1.165) is 70.6 Å². The number of aliphatic hydroxyl groups is 5. The van der Waals surface area contributed by atoms with Crippen LogP contribution in [0.1, 0.15) is 206 Å². The van der Waals surface area contributed by atoms with Gasteiger partial charge >= 0.3 is 5.97 Å². The van der Waals surface area contributed by atoms with Crippen LogP contribution in [-0.2, 0) is 23.8 Å². The van der Waals surface area contributed by atoms with Gasteiger partial charge in [-0.1, -0.05) is 173 Å². The van der Waals surface area contributed by atoms with Crippen molar-refractivity contribution in [1.29, 1.82) is 0 Å². The van der Waals surface area contributed by atoms with E-state index in [9.17, 15) is 35.1 Å². The Labute approximate surface area is 359 Å². The van der Waals surface area contributed by atoms with Crippen LogP contribution in [0.2, 0.25) is 0 Å². The molecule has 0 bridgehead atoms. The number of allylic oxidation sites excluding steroid dienone is 3. The maximum absolute atomic E-state index is 12.9. The summed E-state index contributed by atoms with van der Waals surface area (Å²) in [5, 5.41) is 54.0. The smallest absolute Gasteiger partial charge is 0.305 e. The molecule has 7 atom stereocenters. The predicted octanol–water partition coefficient (Wildman–Crippen LogP) is 9.05. The van der Waals surface area contributed by atoms with Crippen molar-refractivity contribution in [3.8, 4) is 0 Å². The lowest BCUT2D eigenvalue weighted by molar-refractivity contribution is -0.302. The Balaban J connectivity index is 2.19. The zero-order valence-electron chi connectivity index (χ0n) is 37.5. The highest BCUT2D eigenvalue weighted by Crippen LogP contribution is 2.22. The molecule has 0 spiro atoms. The number of amides is 1. The van der Waals surface area contributed by atoms with Crippen LogP contribution in [0.25, 0.3) is 0 Å². The minimum absolute atomic E-state index is 0.0421. The van der Waals surface area contributed by atoms with Gasteiger partial charge in [-0.15, -0.1) is 0 Å². The topological polar surface area (TPSA) is 175 Å². The van der Waals surface area contributed by atoms with Crippen LogP contribution in [0.3, 0.4) is 0 Å². The summed E-state index contributed by atoms with van der Waals surface area (Å²) in [6, 6.07) is -0.838. The number of unbranched alkanes of at least 4 members (excludes halogenated alkanes) is 24. The quantitative estimate of drug-likeness (QED) is 0.0198. The molecule has 0 aromatic carbocycles. The summed E-state index contributed by atoms with van der Waals surface area (Å²) < 4.78 is 16.6. The van der Waals surface area contributed by atoms with Gasteiger partial charge in [-0.05, 0) is 44.9 Å². The van der Waals surface area contributed by atoms with Gasteiger partial charge in [0.1, 0.15) is 24.4 Å². The summed E-state index contributed by atoms with van der Waals surface area (Å²) >= 11 is 0. The van der Waals surface area contributed by atoms with E-state index in [0.29, 0.717) is 19.4 Å². The number of aliphatic hydroxyl groups excluding tert-OH is 5. The van der Waals surface area contributed by atoms with Crippen molar-refractivity contribution in [2.24, 2.45) is 0 Å². The molecule has 59 heavy (non-hydrogen) atoms. The summed E-state index contributed by atoms with van der Waals surface area (Å²) in [5.41, 5.74) is 0. The largest absolute Gasteiger partial charge is 0.466 e. The second-order valence-corrected chi connectivity index (χ2v) is 16.8. The summed E-state index contributed by atoms with van der Waals surface area (Å²) in [4.78, 5) is 24.9. The van der Waals surface area contributed by atoms with Gasteiger partial charge in [0, 0.05) is 12.8 Å². The van der Waals surface area contributed by atoms with Crippen LogP contribution in [0.15, 0.2) is 24.3 Å². The first-order chi connectivity index (χ1) is 28.7. The van der Waals surface area contributed by atoms with Crippen LogP contribution >= 0.6 is 0 Å². The number of esters is 1. The van der Waals surface area contributed by atoms with E-state index in [-0.39, 0.29) is 18.5 Å². The monoisotopic (exact) mass is 840 g/mol. The summed E-state index contributed by atoms with van der Waals surface area (Å²) in [5.74, 6) is -0.256. The molecule has 0 saturated carbocycles. The molecule has 1 heterocycles. The standard InChI is InChI=1S/C48H89NO10/c1-3-5-7-9-11-13-15-20-24-28-32-36-44(53)57-37-33-29-25-21-17-14-16-19-23-27-31-35-43(52)49-40(41(51)34-30-26-22-18-12-10-8-6-4-2)39-58-48-47(56)46(55)45(54)42(38-50)59-48/h12,18,30,34,40-42,45-48,50-51,54-56H,3-11,13-17,19-29,31-33,35-39H2,1-2H3,(H,49,52)/b18-12+,34-30+. The van der Waals surface area contributed by atoms with Crippen LogP contribution < -0.4 is 5.32 Å². The van der Waals surface area contributed by atoms with Gasteiger partial charge in [0.15, 0.2) is 6.29 Å². The van der Waals surface area contributed by atoms with Crippen LogP contribution in [0.5, 0.6) is 0 Å². The van der Waals surface area contributed by atoms with Crippen molar-refractivity contribution in [3.05, 3.63) is 24.3 Å². The highest BCUT2D eigenvalue weighted by molar-refractivity contribution is 5.76. The molecule has 11 nitrogen and oxygen atoms in total. The molecule has 0 aliphatic carbocycles. The fraction of sp³-hybridized carbons (Fsp3) is 0.875. The van der Waals surface area contributed by atoms with E-state index in [1.165, 1.54) is 109 Å². The maximum Gasteiger partial charge on any atom is 0.305 e. The molecular weight excluding hydrogens is 751 g/mol. The molecule has 0 aromatic rings. The average Bonchev–Trinajstić information content (AvgIpc) is 3.23. The maximum atomic E-state index is 12.9. The second kappa shape index (κ2) is 39.0. The first-order valence-corrected chi connectivity index (χ1v) is 24.1. The van der Waals surface area contributed by atoms with Gasteiger partial charge in [0.2, 0.25) is 5.91 Å². The molecule has 6 N–H and O–H groups in total. The Morgan fingerprint density at radius 2 is 1.10 bits per heavy atom. The molecule has 11 heteroatoms. The first kappa shape index (κ1) is 55.2. The Morgan fingerprint density at radius 1 is 0.610 bits per heavy atom. The van der Waals surface area contributed by atoms with E-state index in [1.54, 1.807) is 6.08 Å². The van der Waals surface area contributed by atoms with Gasteiger partial charge in [0.05, 0.1) is 32.0 Å². The summed E-state index contributed by atoms with van der Waals surface area (Å²) in [6.45, 7) is 4.18. The van der Waals surface area contributed by atoms with Gasteiger partial charge in [-0.25, -0.2) is 0 Å². The average molecular weight is 840 g/mol. The van der Waals surface area contributed by atoms with Gasteiger partial charge in [0.25, 0.3) is 0 Å². The molecule has 0 radical (unpaired) electrons. The summed E-state index contributed by atoms with van der Waals surface area (Å²) in [7, 11) is 0. The van der Waals surface area contributed by atoms with E-state index < -0.39 is 49.5 Å². The van der Waals surface area contributed by atoms with Gasteiger partial charge < -0.3 is 45.1 Å². The minimum atomic E-state index is -1.58. The molecule has 7 unspecified atom stereocenters. The molecule has 1 amide bonds. The van der Waals surface area contributed by atoms with E-state index in [2.05, 4.69) is 31.3 Å². The number of carbonyl (C=O) groups is 2. The van der Waals surface area contributed by atoms with Crippen molar-refractivity contribution < 1.29 is 49.3 Å². The normalized spacial score (nSPS) is 20.7. The Hall–Kier alpha value is -1.86. The third-order valence-electron chi connectivity index (χ3n) is 11.3. The van der Waals surface area contributed by atoms with Crippen molar-refractivity contribution in [1.82, 2.24) is 5.32 Å². The molecule has 346 valence electrons. The van der Waals surface area contributed by atoms with Gasteiger partial charge in [-0.2, -0.15) is 0 Å². The van der Waals surface area contributed by atoms with E-state index in [4.69, 9.17) is 14.2 Å². The first-order valence-electron chi connectivity index (χ1n) is 24.1. The van der Waals surface area contributed by atoms with Crippen LogP contribution in [0, 0.1) is 0 Å². The minimum Gasteiger partial charge on any atom is -0.466 e. The predicted molar refractivity (Wildman–Crippen MR) is 237 cm³/mol. The fourth-order valence-electron chi connectivity index (χ4n) is 7.39. The van der Waals surface area contributed by atoms with Crippen LogP contribution in [-0.4, -0.2) is 100 Å². The number of hydrogen-bond donors (Lipinski definition) is 6. The zero-order valence-corrected chi connectivity index (χ0v) is 37.5. The second-order valence-electron chi connectivity index (χ2n) is 16.8. The molecule has 0 aromatic heterocycles. The third-order valence-corrected chi connectivity index (χ3v) is 11.3. The third kappa shape index (κ3) is 29.9. The SMILES string of the molecule is CCCCC/C=C/CC/C=C/C(O)C(COC1OC(CO)C(O)C(O)C1O)NC(=O)CCCCCCCCCCCCCOC(=O)CCCCCCCCCCCCC. The van der Waals surface area contributed by atoms with E-state index in [1.807, 2.05) is 6.08 Å². The Morgan fingerprint density at radius 3 is 1.68 bits per heavy atom. The van der Waals surface area contributed by atoms with Crippen molar-refractivity contribution in [2.45, 2.75) is 249 Å². The molecular formula is C48H89NO10. The molecule has 1 saturated heterocycles. The molecule has 1 aliphatic heterocycles. The number of rotatable bonds is 40. The molecule has 1 fully saturated rings. The van der Waals surface area contributed by atoms with Crippen molar-refractivity contribution >= 4 is 11.9 Å². The summed E-state index contributed by atoms with van der Waals surface area (Å²) in [6.07, 6.45) is 32.6. The lowest BCUT2D eigenvalue weighted by atomic mass is 9.99. The molecule has 1 rings (SSSR count). The lowest BCUT2D eigenvalue weighted by Gasteiger charge is -2.40. The highest BCUT2D eigenvalue weighted by atomic mass is 16.7. The fourth-order valence-corrected chi connectivity index (χ4v) is 7.39. The van der Waals surface area contributed by atoms with Crippen molar-refractivity contribution in [2.75, 3.05) is 19.8 Å². The van der Waals surface area contributed by atoms with Crippen molar-refractivity contribution in [3.63, 3.8) is 0 Å². The van der Waals surface area contributed by atoms with E-state index >= 15 is 0 Å². The number of nitrogens with one attached hydrogen (secondary N) is 1. The zero-order chi connectivity index (χ0) is 43.2.